The number of aromatic carboxylic acids is 1. The van der Waals surface area contributed by atoms with E-state index >= 15 is 0 Å². The second kappa shape index (κ2) is 16.1. The molecule has 2 heterocycles. The zero-order valence-electron chi connectivity index (χ0n) is 26.7. The van der Waals surface area contributed by atoms with Crippen LogP contribution in [0.3, 0.4) is 0 Å². The molecule has 2 aromatic carbocycles. The lowest BCUT2D eigenvalue weighted by atomic mass is 9.93. The first kappa shape index (κ1) is 36.1. The maximum atomic E-state index is 11.7. The third-order valence-corrected chi connectivity index (χ3v) is 7.77. The van der Waals surface area contributed by atoms with E-state index in [9.17, 15) is 18.3 Å². The summed E-state index contributed by atoms with van der Waals surface area (Å²) in [6, 6.07) is 12.5. The lowest BCUT2D eigenvalue weighted by Gasteiger charge is -2.12. The van der Waals surface area contributed by atoms with Crippen LogP contribution >= 0.6 is 11.3 Å². The van der Waals surface area contributed by atoms with Crippen LogP contribution in [0, 0.1) is 6.92 Å². The molecule has 0 spiro atoms. The molecule has 4 aromatic rings. The van der Waals surface area contributed by atoms with Gasteiger partial charge in [0.2, 0.25) is 15.2 Å². The molecule has 0 saturated carbocycles. The number of aromatic nitrogens is 3. The minimum atomic E-state index is -3.80. The van der Waals surface area contributed by atoms with E-state index in [0.717, 1.165) is 44.5 Å². The summed E-state index contributed by atoms with van der Waals surface area (Å²) in [5.41, 5.74) is 8.52. The number of allylic oxidation sites excluding steroid dienone is 5. The minimum absolute atomic E-state index is 0.0374. The van der Waals surface area contributed by atoms with Gasteiger partial charge in [-0.2, -0.15) is 5.10 Å². The van der Waals surface area contributed by atoms with Crippen molar-refractivity contribution in [1.29, 1.82) is 0 Å². The molecule has 10 heteroatoms. The Balaban J connectivity index is 0.00000162. The molecular formula is C34H42N4O4S2. The number of sulfonamides is 1. The fraction of sp³-hybridized carbons (Fsp3) is 0.265. The van der Waals surface area contributed by atoms with Crippen molar-refractivity contribution < 1.29 is 18.3 Å². The average Bonchev–Trinajstić information content (AvgIpc) is 3.63. The first-order valence-corrected chi connectivity index (χ1v) is 16.8. The lowest BCUT2D eigenvalue weighted by molar-refractivity contribution is 0.0691. The Kier molecular flexibility index (Phi) is 13.2. The highest BCUT2D eigenvalue weighted by Crippen LogP contribution is 2.32. The van der Waals surface area contributed by atoms with Gasteiger partial charge in [0.1, 0.15) is 0 Å². The maximum absolute atomic E-state index is 11.7. The fourth-order valence-electron chi connectivity index (χ4n) is 4.22. The van der Waals surface area contributed by atoms with Gasteiger partial charge in [-0.3, -0.25) is 0 Å². The SMILES string of the molecule is C=C(C)/C=C(\C=C(C)C)c1cc(-c2nn(-c3nc(C(=O)O)cs3)cc2Cc2ccc(S(N)(=O)=O)cc2)ccc1C.CC.CC. The highest BCUT2D eigenvalue weighted by atomic mass is 32.2. The van der Waals surface area contributed by atoms with E-state index in [2.05, 4.69) is 36.7 Å². The van der Waals surface area contributed by atoms with E-state index in [1.165, 1.54) is 28.8 Å². The van der Waals surface area contributed by atoms with Crippen LogP contribution in [-0.2, 0) is 16.4 Å². The summed E-state index contributed by atoms with van der Waals surface area (Å²) < 4.78 is 25.0. The standard InChI is InChI=1S/C30H30N4O4S2.2C2H6/c1-18(2)12-23(13-19(3)4)26-15-22(9-6-20(26)5)28-24(14-21-7-10-25(11-8-21)40(31,37)38)16-34(33-28)30-32-27(17-39-30)29(35)36;2*1-2/h6-13,15-17H,1,14H2,2-5H3,(H,35,36)(H2,31,37,38);2*1-2H3/b23-12+;;. The molecule has 2 aromatic heterocycles. The van der Waals surface area contributed by atoms with Crippen molar-refractivity contribution in [2.45, 2.75) is 66.7 Å². The van der Waals surface area contributed by atoms with Gasteiger partial charge >= 0.3 is 5.97 Å². The highest BCUT2D eigenvalue weighted by molar-refractivity contribution is 7.89. The number of carboxylic acid groups (broad SMARTS) is 1. The summed E-state index contributed by atoms with van der Waals surface area (Å²) in [7, 11) is -3.80. The predicted molar refractivity (Wildman–Crippen MR) is 182 cm³/mol. The minimum Gasteiger partial charge on any atom is -0.476 e. The molecule has 234 valence electrons. The molecule has 0 saturated heterocycles. The van der Waals surface area contributed by atoms with Crippen molar-refractivity contribution in [2.75, 3.05) is 0 Å². The quantitative estimate of drug-likeness (QED) is 0.179. The molecule has 0 aliphatic heterocycles. The molecule has 0 amide bonds. The molecule has 3 N–H and O–H groups in total. The summed E-state index contributed by atoms with van der Waals surface area (Å²) in [5, 5.41) is 21.3. The lowest BCUT2D eigenvalue weighted by Crippen LogP contribution is -2.11. The van der Waals surface area contributed by atoms with Crippen LogP contribution in [0.4, 0.5) is 0 Å². The second-order valence-electron chi connectivity index (χ2n) is 9.83. The van der Waals surface area contributed by atoms with Gasteiger partial charge < -0.3 is 5.11 Å². The number of aryl methyl sites for hydroxylation is 1. The van der Waals surface area contributed by atoms with Gasteiger partial charge in [0.15, 0.2) is 5.69 Å². The number of thiazole rings is 1. The van der Waals surface area contributed by atoms with Crippen molar-refractivity contribution in [3.63, 3.8) is 0 Å². The Hall–Kier alpha value is -4.12. The Labute approximate surface area is 265 Å². The van der Waals surface area contributed by atoms with E-state index in [0.29, 0.717) is 17.2 Å². The fourth-order valence-corrected chi connectivity index (χ4v) is 5.46. The Morgan fingerprint density at radius 3 is 2.20 bits per heavy atom. The third-order valence-electron chi connectivity index (χ3n) is 6.01. The molecule has 44 heavy (non-hydrogen) atoms. The summed E-state index contributed by atoms with van der Waals surface area (Å²) in [5.74, 6) is -1.11. The Bertz CT molecular complexity index is 1770. The van der Waals surface area contributed by atoms with Crippen LogP contribution in [0.15, 0.2) is 88.8 Å². The van der Waals surface area contributed by atoms with Gasteiger partial charge in [-0.05, 0) is 68.2 Å². The van der Waals surface area contributed by atoms with E-state index in [1.54, 1.807) is 16.8 Å². The topological polar surface area (TPSA) is 128 Å². The number of nitrogens with two attached hydrogens (primary N) is 1. The van der Waals surface area contributed by atoms with Crippen LogP contribution in [0.25, 0.3) is 22.0 Å². The van der Waals surface area contributed by atoms with Crippen LogP contribution in [0.5, 0.6) is 0 Å². The monoisotopic (exact) mass is 634 g/mol. The molecular weight excluding hydrogens is 593 g/mol. The first-order valence-electron chi connectivity index (χ1n) is 14.3. The van der Waals surface area contributed by atoms with Gasteiger partial charge in [-0.1, -0.05) is 81.8 Å². The second-order valence-corrected chi connectivity index (χ2v) is 12.2. The van der Waals surface area contributed by atoms with Gasteiger partial charge in [-0.25, -0.2) is 28.0 Å². The highest BCUT2D eigenvalue weighted by Gasteiger charge is 2.18. The molecule has 0 unspecified atom stereocenters. The van der Waals surface area contributed by atoms with Crippen LogP contribution in [-0.4, -0.2) is 34.3 Å². The number of primary sulfonamides is 1. The molecule has 0 aliphatic carbocycles. The van der Waals surface area contributed by atoms with E-state index in [1.807, 2.05) is 66.8 Å². The normalized spacial score (nSPS) is 11.1. The van der Waals surface area contributed by atoms with Gasteiger partial charge in [-0.15, -0.1) is 11.3 Å². The number of nitrogens with zero attached hydrogens (tertiary/aromatic N) is 3. The average molecular weight is 635 g/mol. The molecule has 8 nitrogen and oxygen atoms in total. The van der Waals surface area contributed by atoms with Crippen molar-refractivity contribution in [2.24, 2.45) is 5.14 Å². The van der Waals surface area contributed by atoms with Crippen molar-refractivity contribution >= 4 is 32.9 Å². The maximum Gasteiger partial charge on any atom is 0.355 e. The van der Waals surface area contributed by atoms with E-state index in [4.69, 9.17) is 10.2 Å². The van der Waals surface area contributed by atoms with Gasteiger partial charge in [0, 0.05) is 29.1 Å². The van der Waals surface area contributed by atoms with Crippen molar-refractivity contribution in [3.8, 4) is 16.4 Å². The third kappa shape index (κ3) is 9.44. The van der Waals surface area contributed by atoms with Crippen LogP contribution in [0.1, 0.15) is 81.2 Å². The molecule has 4 rings (SSSR count). The first-order chi connectivity index (χ1) is 20.8. The summed E-state index contributed by atoms with van der Waals surface area (Å²) in [4.78, 5) is 15.7. The molecule has 0 aliphatic rings. The number of benzene rings is 2. The number of hydrogen-bond acceptors (Lipinski definition) is 6. The van der Waals surface area contributed by atoms with Gasteiger partial charge in [0.25, 0.3) is 0 Å². The zero-order valence-corrected chi connectivity index (χ0v) is 28.3. The Morgan fingerprint density at radius 1 is 1.05 bits per heavy atom. The van der Waals surface area contributed by atoms with Crippen molar-refractivity contribution in [1.82, 2.24) is 14.8 Å². The number of hydrogen-bond donors (Lipinski definition) is 2. The van der Waals surface area contributed by atoms with Crippen LogP contribution < -0.4 is 5.14 Å². The number of carboxylic acids is 1. The number of carbonyl (C=O) groups is 1. The van der Waals surface area contributed by atoms with Crippen LogP contribution in [0.2, 0.25) is 0 Å². The predicted octanol–water partition coefficient (Wildman–Crippen LogP) is 8.22. The number of rotatable bonds is 9. The zero-order chi connectivity index (χ0) is 33.2. The van der Waals surface area contributed by atoms with E-state index in [-0.39, 0.29) is 10.6 Å². The molecule has 0 atom stereocenters. The summed E-state index contributed by atoms with van der Waals surface area (Å²) >= 11 is 1.18. The molecule has 0 bridgehead atoms. The van der Waals surface area contributed by atoms with E-state index < -0.39 is 16.0 Å². The largest absolute Gasteiger partial charge is 0.476 e. The Morgan fingerprint density at radius 2 is 1.68 bits per heavy atom. The summed E-state index contributed by atoms with van der Waals surface area (Å²) in [6.07, 6.45) is 6.45. The molecule has 0 fully saturated rings. The summed E-state index contributed by atoms with van der Waals surface area (Å²) in [6.45, 7) is 20.2. The van der Waals surface area contributed by atoms with Gasteiger partial charge in [0.05, 0.1) is 10.6 Å². The molecule has 0 radical (unpaired) electrons. The van der Waals surface area contributed by atoms with Crippen molar-refractivity contribution in [3.05, 3.63) is 112 Å². The smallest absolute Gasteiger partial charge is 0.355 e.